The molecule has 0 bridgehead atoms. The molecular weight excluding hydrogens is 509 g/mol. The zero-order valence-corrected chi connectivity index (χ0v) is 22.0. The minimum atomic E-state index is -0.165. The Kier molecular flexibility index (Phi) is 7.79. The third kappa shape index (κ3) is 5.82. The van der Waals surface area contributed by atoms with Gasteiger partial charge >= 0.3 is 0 Å². The summed E-state index contributed by atoms with van der Waals surface area (Å²) in [6.45, 7) is 1.41. The van der Waals surface area contributed by atoms with E-state index in [9.17, 15) is 4.79 Å². The van der Waals surface area contributed by atoms with Crippen molar-refractivity contribution < 1.29 is 14.3 Å². The van der Waals surface area contributed by atoms with E-state index in [0.717, 1.165) is 29.7 Å². The average molecular weight is 536 g/mol. The first-order valence-corrected chi connectivity index (χ1v) is 13.0. The minimum absolute atomic E-state index is 0.0380. The van der Waals surface area contributed by atoms with Gasteiger partial charge in [0.15, 0.2) is 0 Å². The van der Waals surface area contributed by atoms with Crippen molar-refractivity contribution in [1.29, 1.82) is 0 Å². The van der Waals surface area contributed by atoms with Gasteiger partial charge in [-0.1, -0.05) is 65.7 Å². The van der Waals surface area contributed by atoms with E-state index in [1.54, 1.807) is 46.0 Å². The molecule has 0 unspecified atom stereocenters. The van der Waals surface area contributed by atoms with Gasteiger partial charge in [0.05, 0.1) is 28.8 Å². The van der Waals surface area contributed by atoms with E-state index in [1.165, 1.54) is 0 Å². The second-order valence-electron chi connectivity index (χ2n) is 8.98. The molecule has 190 valence electrons. The lowest BCUT2D eigenvalue weighted by Crippen LogP contribution is -2.37. The maximum Gasteiger partial charge on any atom is 0.255 e. The maximum absolute atomic E-state index is 13.8. The lowest BCUT2D eigenvalue weighted by Gasteiger charge is -2.26. The third-order valence-electron chi connectivity index (χ3n) is 6.35. The Morgan fingerprint density at radius 3 is 2.49 bits per heavy atom. The topological polar surface area (TPSA) is 56.6 Å². The van der Waals surface area contributed by atoms with Gasteiger partial charge in [-0.2, -0.15) is 5.10 Å². The van der Waals surface area contributed by atoms with Crippen LogP contribution in [0, 0.1) is 0 Å². The lowest BCUT2D eigenvalue weighted by molar-refractivity contribution is 0.0506. The first-order chi connectivity index (χ1) is 18.0. The molecule has 0 radical (unpaired) electrons. The Bertz CT molecular complexity index is 1370. The maximum atomic E-state index is 13.8. The van der Waals surface area contributed by atoms with Crippen molar-refractivity contribution in [2.75, 3.05) is 13.2 Å². The first kappa shape index (κ1) is 25.3. The molecular formula is C29H27Cl2N3O3. The monoisotopic (exact) mass is 535 g/mol. The fraction of sp³-hybridized carbons (Fsp3) is 0.241. The summed E-state index contributed by atoms with van der Waals surface area (Å²) in [6, 6.07) is 24.2. The standard InChI is InChI=1S/C29H27Cl2N3O3/c1-33-29(37-22-15-13-21(30)14-16-22)25(27(32-33)20-8-3-2-4-9-20)19-34(18-23-10-7-17-36-23)28(35)24-11-5-6-12-26(24)31/h2-6,8-9,11-16,23H,7,10,17-19H2,1H3/t23-/m0/s1. The van der Waals surface area contributed by atoms with Crippen molar-refractivity contribution in [3.63, 3.8) is 0 Å². The summed E-state index contributed by atoms with van der Waals surface area (Å²) in [6.07, 6.45) is 1.84. The van der Waals surface area contributed by atoms with Gasteiger partial charge in [-0.3, -0.25) is 4.79 Å². The van der Waals surface area contributed by atoms with E-state index < -0.39 is 0 Å². The number of benzene rings is 3. The predicted molar refractivity (Wildman–Crippen MR) is 145 cm³/mol. The number of rotatable bonds is 8. The third-order valence-corrected chi connectivity index (χ3v) is 6.93. The zero-order chi connectivity index (χ0) is 25.8. The van der Waals surface area contributed by atoms with Gasteiger partial charge in [-0.15, -0.1) is 0 Å². The van der Waals surface area contributed by atoms with E-state index >= 15 is 0 Å². The smallest absolute Gasteiger partial charge is 0.255 e. The molecule has 8 heteroatoms. The number of aryl methyl sites for hydroxylation is 1. The predicted octanol–water partition coefficient (Wildman–Crippen LogP) is 7.01. The van der Waals surface area contributed by atoms with Crippen LogP contribution >= 0.6 is 23.2 Å². The quantitative estimate of drug-likeness (QED) is 0.243. The molecule has 1 aromatic heterocycles. The fourth-order valence-corrected chi connectivity index (χ4v) is 4.86. The molecule has 37 heavy (non-hydrogen) atoms. The van der Waals surface area contributed by atoms with E-state index in [0.29, 0.717) is 40.4 Å². The van der Waals surface area contributed by atoms with Gasteiger partial charge in [-0.05, 0) is 49.2 Å². The highest BCUT2D eigenvalue weighted by molar-refractivity contribution is 6.33. The van der Waals surface area contributed by atoms with Crippen LogP contribution in [-0.2, 0) is 18.3 Å². The van der Waals surface area contributed by atoms with Crippen LogP contribution in [0.2, 0.25) is 10.0 Å². The molecule has 1 saturated heterocycles. The van der Waals surface area contributed by atoms with Gasteiger partial charge in [0.1, 0.15) is 11.4 Å². The van der Waals surface area contributed by atoms with Crippen molar-refractivity contribution in [3.05, 3.63) is 100 Å². The number of ether oxygens (including phenoxy) is 2. The van der Waals surface area contributed by atoms with Crippen LogP contribution < -0.4 is 4.74 Å². The molecule has 0 saturated carbocycles. The van der Waals surface area contributed by atoms with Crippen LogP contribution in [0.3, 0.4) is 0 Å². The molecule has 1 fully saturated rings. The second-order valence-corrected chi connectivity index (χ2v) is 9.82. The average Bonchev–Trinajstić information content (AvgIpc) is 3.53. The van der Waals surface area contributed by atoms with Crippen LogP contribution in [0.25, 0.3) is 11.3 Å². The number of halogens is 2. The van der Waals surface area contributed by atoms with Crippen molar-refractivity contribution in [2.45, 2.75) is 25.5 Å². The summed E-state index contributed by atoms with van der Waals surface area (Å²) in [7, 11) is 1.83. The number of hydrogen-bond acceptors (Lipinski definition) is 4. The first-order valence-electron chi connectivity index (χ1n) is 12.2. The highest BCUT2D eigenvalue weighted by Crippen LogP contribution is 2.35. The van der Waals surface area contributed by atoms with Crippen LogP contribution in [0.15, 0.2) is 78.9 Å². The molecule has 6 nitrogen and oxygen atoms in total. The molecule has 4 aromatic rings. The highest BCUT2D eigenvalue weighted by Gasteiger charge is 2.29. The summed E-state index contributed by atoms with van der Waals surface area (Å²) in [5.41, 5.74) is 2.92. The normalized spacial score (nSPS) is 15.1. The summed E-state index contributed by atoms with van der Waals surface area (Å²) in [5.74, 6) is 1.00. The number of amides is 1. The Balaban J connectivity index is 1.57. The van der Waals surface area contributed by atoms with Crippen LogP contribution in [0.5, 0.6) is 11.6 Å². The second kappa shape index (κ2) is 11.4. The van der Waals surface area contributed by atoms with Crippen LogP contribution in [-0.4, -0.2) is 39.8 Å². The molecule has 2 heterocycles. The Morgan fingerprint density at radius 2 is 1.78 bits per heavy atom. The number of hydrogen-bond donors (Lipinski definition) is 0. The molecule has 5 rings (SSSR count). The molecule has 1 aliphatic rings. The Hall–Kier alpha value is -3.32. The van der Waals surface area contributed by atoms with Crippen molar-refractivity contribution in [3.8, 4) is 22.9 Å². The molecule has 1 amide bonds. The Labute approximate surface area is 226 Å². The number of nitrogens with zero attached hydrogens (tertiary/aromatic N) is 3. The summed E-state index contributed by atoms with van der Waals surface area (Å²) < 4.78 is 13.9. The SMILES string of the molecule is Cn1nc(-c2ccccc2)c(CN(C[C@@H]2CCCO2)C(=O)c2ccccc2Cl)c1Oc1ccc(Cl)cc1. The van der Waals surface area contributed by atoms with Crippen LogP contribution in [0.4, 0.5) is 0 Å². The van der Waals surface area contributed by atoms with E-state index in [2.05, 4.69) is 0 Å². The molecule has 0 N–H and O–H groups in total. The van der Waals surface area contributed by atoms with Gasteiger partial charge in [0, 0.05) is 30.8 Å². The summed E-state index contributed by atoms with van der Waals surface area (Å²) in [4.78, 5) is 15.6. The minimum Gasteiger partial charge on any atom is -0.439 e. The number of aromatic nitrogens is 2. The van der Waals surface area contributed by atoms with Crippen molar-refractivity contribution in [2.24, 2.45) is 7.05 Å². The van der Waals surface area contributed by atoms with Gasteiger partial charge in [0.2, 0.25) is 5.88 Å². The fourth-order valence-electron chi connectivity index (χ4n) is 4.51. The van der Waals surface area contributed by atoms with Crippen molar-refractivity contribution >= 4 is 29.1 Å². The molecule has 3 aromatic carbocycles. The van der Waals surface area contributed by atoms with Gasteiger partial charge in [-0.25, -0.2) is 4.68 Å². The van der Waals surface area contributed by atoms with Gasteiger partial charge in [0.25, 0.3) is 5.91 Å². The van der Waals surface area contributed by atoms with E-state index in [1.807, 2.05) is 49.5 Å². The largest absolute Gasteiger partial charge is 0.439 e. The Morgan fingerprint density at radius 1 is 1.05 bits per heavy atom. The van der Waals surface area contributed by atoms with Gasteiger partial charge < -0.3 is 14.4 Å². The number of carbonyl (C=O) groups excluding carboxylic acids is 1. The highest BCUT2D eigenvalue weighted by atomic mass is 35.5. The lowest BCUT2D eigenvalue weighted by atomic mass is 10.1. The molecule has 0 aliphatic carbocycles. The number of carbonyl (C=O) groups is 1. The summed E-state index contributed by atoms with van der Waals surface area (Å²) in [5, 5.41) is 5.83. The van der Waals surface area contributed by atoms with Crippen LogP contribution in [0.1, 0.15) is 28.8 Å². The van der Waals surface area contributed by atoms with Crippen molar-refractivity contribution in [1.82, 2.24) is 14.7 Å². The van der Waals surface area contributed by atoms with E-state index in [4.69, 9.17) is 37.8 Å². The zero-order valence-electron chi connectivity index (χ0n) is 20.4. The molecule has 1 atom stereocenters. The summed E-state index contributed by atoms with van der Waals surface area (Å²) >= 11 is 12.5. The van der Waals surface area contributed by atoms with E-state index in [-0.39, 0.29) is 18.6 Å². The molecule has 1 aliphatic heterocycles. The molecule has 0 spiro atoms.